The summed E-state index contributed by atoms with van der Waals surface area (Å²) in [5.74, 6) is -1.13. The van der Waals surface area contributed by atoms with Crippen molar-refractivity contribution in [3.05, 3.63) is 35.9 Å². The van der Waals surface area contributed by atoms with Crippen LogP contribution in [0.1, 0.15) is 24.8 Å². The van der Waals surface area contributed by atoms with E-state index in [4.69, 9.17) is 4.74 Å². The second-order valence-electron chi connectivity index (χ2n) is 4.57. The topological polar surface area (TPSA) is 63.6 Å². The van der Waals surface area contributed by atoms with Gasteiger partial charge in [-0.1, -0.05) is 30.3 Å². The third kappa shape index (κ3) is 2.83. The average molecular weight is 248 g/mol. The normalized spacial score (nSPS) is 23.6. The molecule has 1 aromatic carbocycles. The Morgan fingerprint density at radius 1 is 1.22 bits per heavy atom. The highest BCUT2D eigenvalue weighted by Crippen LogP contribution is 2.27. The van der Waals surface area contributed by atoms with Crippen molar-refractivity contribution in [2.24, 2.45) is 0 Å². The summed E-state index contributed by atoms with van der Waals surface area (Å²) in [6, 6.07) is 9.66. The van der Waals surface area contributed by atoms with Crippen LogP contribution in [0.3, 0.4) is 0 Å². The van der Waals surface area contributed by atoms with Gasteiger partial charge < -0.3 is 9.84 Å². The van der Waals surface area contributed by atoms with E-state index in [-0.39, 0.29) is 25.9 Å². The molecule has 1 N–H and O–H groups in total. The summed E-state index contributed by atoms with van der Waals surface area (Å²) in [5, 5.41) is 9.98. The second kappa shape index (κ2) is 5.42. The summed E-state index contributed by atoms with van der Waals surface area (Å²) < 4.78 is 5.41. The lowest BCUT2D eigenvalue weighted by molar-refractivity contribution is -0.144. The summed E-state index contributed by atoms with van der Waals surface area (Å²) in [6.45, 7) is 0.712. The Kier molecular flexibility index (Phi) is 3.89. The first-order valence-electron chi connectivity index (χ1n) is 6.03. The minimum atomic E-state index is -1.49. The Bertz CT molecular complexity index is 440. The molecular formula is C14H16O4. The van der Waals surface area contributed by atoms with Gasteiger partial charge in [-0.2, -0.15) is 0 Å². The number of Topliss-reactive ketones (excluding diaryl/α,β-unsaturated/α-hetero) is 2. The molecule has 0 heterocycles. The number of carbonyl (C=O) groups excluding carboxylic acids is 2. The van der Waals surface area contributed by atoms with Crippen LogP contribution in [0.15, 0.2) is 30.3 Å². The molecule has 1 aromatic rings. The molecule has 0 bridgehead atoms. The molecule has 0 aliphatic heterocycles. The van der Waals surface area contributed by atoms with Crippen LogP contribution < -0.4 is 0 Å². The number of hydrogen-bond acceptors (Lipinski definition) is 4. The first-order valence-corrected chi connectivity index (χ1v) is 6.03. The Hall–Kier alpha value is -1.52. The predicted octanol–water partition coefficient (Wildman–Crippen LogP) is 1.26. The van der Waals surface area contributed by atoms with Gasteiger partial charge in [0.15, 0.2) is 0 Å². The van der Waals surface area contributed by atoms with Gasteiger partial charge in [-0.3, -0.25) is 9.59 Å². The quantitative estimate of drug-likeness (QED) is 0.629. The van der Waals surface area contributed by atoms with Crippen LogP contribution in [0.25, 0.3) is 0 Å². The molecule has 1 atom stereocenters. The Balaban J connectivity index is 1.76. The van der Waals surface area contributed by atoms with Crippen LogP contribution >= 0.6 is 0 Å². The Morgan fingerprint density at radius 3 is 2.56 bits per heavy atom. The van der Waals surface area contributed by atoms with Gasteiger partial charge in [-0.15, -0.1) is 0 Å². The van der Waals surface area contributed by atoms with Gasteiger partial charge in [0.1, 0.15) is 5.60 Å². The molecule has 4 nitrogen and oxygen atoms in total. The average Bonchev–Trinajstić information content (AvgIpc) is 2.65. The van der Waals surface area contributed by atoms with E-state index in [9.17, 15) is 14.7 Å². The van der Waals surface area contributed by atoms with Crippen molar-refractivity contribution in [3.8, 4) is 0 Å². The van der Waals surface area contributed by atoms with Crippen molar-refractivity contribution >= 4 is 11.6 Å². The Morgan fingerprint density at radius 2 is 1.94 bits per heavy atom. The van der Waals surface area contributed by atoms with E-state index in [1.54, 1.807) is 0 Å². The molecule has 4 heteroatoms. The molecule has 0 radical (unpaired) electrons. The van der Waals surface area contributed by atoms with E-state index < -0.39 is 17.2 Å². The van der Waals surface area contributed by atoms with Gasteiger partial charge in [0.05, 0.1) is 13.2 Å². The third-order valence-corrected chi connectivity index (χ3v) is 3.21. The molecule has 2 rings (SSSR count). The van der Waals surface area contributed by atoms with Crippen LogP contribution in [-0.2, 0) is 20.9 Å². The van der Waals surface area contributed by atoms with Crippen molar-refractivity contribution in [1.82, 2.24) is 0 Å². The lowest BCUT2D eigenvalue weighted by Crippen LogP contribution is -2.37. The molecule has 0 saturated heterocycles. The molecule has 0 unspecified atom stereocenters. The molecule has 18 heavy (non-hydrogen) atoms. The molecule has 0 amide bonds. The predicted molar refractivity (Wildman–Crippen MR) is 64.9 cm³/mol. The van der Waals surface area contributed by atoms with Crippen LogP contribution in [0.5, 0.6) is 0 Å². The lowest BCUT2D eigenvalue weighted by atomic mass is 9.97. The van der Waals surface area contributed by atoms with Crippen LogP contribution in [0.4, 0.5) is 0 Å². The van der Waals surface area contributed by atoms with Gasteiger partial charge in [0, 0.05) is 12.8 Å². The first-order chi connectivity index (χ1) is 8.62. The highest BCUT2D eigenvalue weighted by molar-refractivity contribution is 6.42. The summed E-state index contributed by atoms with van der Waals surface area (Å²) in [7, 11) is 0. The molecule has 1 aliphatic carbocycles. The summed E-state index contributed by atoms with van der Waals surface area (Å²) in [4.78, 5) is 22.5. The summed E-state index contributed by atoms with van der Waals surface area (Å²) in [6.07, 6.45) is 0.553. The van der Waals surface area contributed by atoms with Crippen molar-refractivity contribution < 1.29 is 19.4 Å². The van der Waals surface area contributed by atoms with Crippen molar-refractivity contribution in [3.63, 3.8) is 0 Å². The zero-order valence-electron chi connectivity index (χ0n) is 10.1. The maximum absolute atomic E-state index is 11.4. The zero-order valence-corrected chi connectivity index (χ0v) is 10.1. The number of aliphatic hydroxyl groups is 1. The van der Waals surface area contributed by atoms with E-state index in [0.717, 1.165) is 5.56 Å². The fraction of sp³-hybridized carbons (Fsp3) is 0.429. The molecule has 0 spiro atoms. The van der Waals surface area contributed by atoms with Crippen molar-refractivity contribution in [2.45, 2.75) is 31.5 Å². The third-order valence-electron chi connectivity index (χ3n) is 3.21. The van der Waals surface area contributed by atoms with E-state index in [0.29, 0.717) is 6.61 Å². The smallest absolute Gasteiger partial charge is 0.229 e. The summed E-state index contributed by atoms with van der Waals surface area (Å²) >= 11 is 0. The molecule has 96 valence electrons. The zero-order chi connectivity index (χ0) is 13.0. The van der Waals surface area contributed by atoms with Gasteiger partial charge in [0.2, 0.25) is 11.6 Å². The molecular weight excluding hydrogens is 232 g/mol. The lowest BCUT2D eigenvalue weighted by Gasteiger charge is -2.18. The van der Waals surface area contributed by atoms with Crippen LogP contribution in [0.2, 0.25) is 0 Å². The largest absolute Gasteiger partial charge is 0.381 e. The second-order valence-corrected chi connectivity index (χ2v) is 4.57. The fourth-order valence-corrected chi connectivity index (χ4v) is 2.05. The number of rotatable bonds is 5. The van der Waals surface area contributed by atoms with E-state index in [1.807, 2.05) is 30.3 Å². The van der Waals surface area contributed by atoms with E-state index in [1.165, 1.54) is 0 Å². The van der Waals surface area contributed by atoms with Gasteiger partial charge in [-0.05, 0) is 12.0 Å². The summed E-state index contributed by atoms with van der Waals surface area (Å²) in [5.41, 5.74) is -0.452. The van der Waals surface area contributed by atoms with Gasteiger partial charge in [0.25, 0.3) is 0 Å². The van der Waals surface area contributed by atoms with Crippen LogP contribution in [-0.4, -0.2) is 28.9 Å². The maximum atomic E-state index is 11.4. The van der Waals surface area contributed by atoms with E-state index in [2.05, 4.69) is 0 Å². The number of carbonyl (C=O) groups is 2. The van der Waals surface area contributed by atoms with Gasteiger partial charge >= 0.3 is 0 Å². The van der Waals surface area contributed by atoms with Crippen molar-refractivity contribution in [1.29, 1.82) is 0 Å². The monoisotopic (exact) mass is 248 g/mol. The number of hydrogen-bond donors (Lipinski definition) is 1. The minimum absolute atomic E-state index is 0.147. The molecule has 1 aliphatic rings. The number of ketones is 2. The molecule has 1 fully saturated rings. The highest BCUT2D eigenvalue weighted by Gasteiger charge is 2.45. The fourth-order valence-electron chi connectivity index (χ4n) is 2.05. The first kappa shape index (κ1) is 12.9. The maximum Gasteiger partial charge on any atom is 0.229 e. The molecule has 0 aromatic heterocycles. The highest BCUT2D eigenvalue weighted by atomic mass is 16.5. The minimum Gasteiger partial charge on any atom is -0.381 e. The van der Waals surface area contributed by atoms with Crippen LogP contribution in [0, 0.1) is 0 Å². The number of benzene rings is 1. The molecule has 1 saturated carbocycles. The van der Waals surface area contributed by atoms with E-state index >= 15 is 0 Å². The number of ether oxygens (including phenoxy) is 1. The van der Waals surface area contributed by atoms with Crippen molar-refractivity contribution in [2.75, 3.05) is 6.61 Å². The van der Waals surface area contributed by atoms with Gasteiger partial charge in [-0.25, -0.2) is 0 Å². The SMILES string of the molecule is O=C1CC[C@@](O)(CCOCc2ccccc2)C1=O. The standard InChI is InChI=1S/C14H16O4/c15-12-6-7-14(17,13(12)16)8-9-18-10-11-4-2-1-3-5-11/h1-5,17H,6-10H2/t14-/m1/s1. The Labute approximate surface area is 106 Å².